The fraction of sp³-hybridized carbons (Fsp3) is 0.966. The van der Waals surface area contributed by atoms with Gasteiger partial charge in [-0.25, -0.2) is 0 Å². The fourth-order valence-corrected chi connectivity index (χ4v) is 17.2. The Morgan fingerprint density at radius 3 is 1.70 bits per heavy atom. The van der Waals surface area contributed by atoms with Crippen LogP contribution in [-0.4, -0.2) is 274 Å². The van der Waals surface area contributed by atoms with Gasteiger partial charge < -0.3 is 129 Å². The molecule has 16 N–H and O–H groups in total. The quantitative estimate of drug-likeness (QED) is 0.0477. The topological polar surface area (TPSA) is 416 Å². The third-order valence-corrected chi connectivity index (χ3v) is 22.3. The maximum Gasteiger partial charge on any atom is 0.187 e. The summed E-state index contributed by atoms with van der Waals surface area (Å²) in [5, 5.41) is 174. The van der Waals surface area contributed by atoms with Crippen LogP contribution in [0.2, 0.25) is 0 Å². The van der Waals surface area contributed by atoms with Gasteiger partial charge in [0.05, 0.1) is 50.8 Å². The number of rotatable bonds is 18. The van der Waals surface area contributed by atoms with E-state index in [0.29, 0.717) is 38.5 Å². The minimum absolute atomic E-state index is 0.0176. The standard InChI is InChI=1S/C58H98O26/c1-24(2)10-9-14-58(8,84-51-46(74)42(70)39(67)31(80-51)23-76-52-47(40(68)30(21-61)78-52)82-49-44(72)36(64)27(63)22-75-49)25-11-16-57(7)35(25)26(62)18-33-55(5)15-13-34(54(3,4)32(55)12-17-56(33,57)6)81-53-48(43(71)38(66)29(20-60)79-53)83-50-45(73)41(69)37(65)28(19-59)77-50/h10,25-53,59-74H,9,11-23H2,1-8H3/t25-,26+,27+,28+,29+,30-,31+,32?,33?,34-,35-,36-,37+,38+,39+,40-,41-,42-,43-,44+,45+,46+,47+,48+,49-,50-,51-,52+,53-,55-,56+,57+,58-/m0/s1. The van der Waals surface area contributed by atoms with Gasteiger partial charge in [-0.1, -0.05) is 46.3 Å². The molecule has 0 aromatic heterocycles. The van der Waals surface area contributed by atoms with Crippen LogP contribution in [0.3, 0.4) is 0 Å². The second-order valence-corrected chi connectivity index (χ2v) is 27.6. The van der Waals surface area contributed by atoms with Crippen molar-refractivity contribution >= 4 is 0 Å². The first-order valence-corrected chi connectivity index (χ1v) is 30.2. The van der Waals surface area contributed by atoms with Gasteiger partial charge in [0, 0.05) is 0 Å². The lowest BCUT2D eigenvalue weighted by Gasteiger charge is -2.71. The summed E-state index contributed by atoms with van der Waals surface area (Å²) < 4.78 is 60.9. The van der Waals surface area contributed by atoms with Crippen LogP contribution in [0.1, 0.15) is 113 Å². The van der Waals surface area contributed by atoms with Gasteiger partial charge >= 0.3 is 0 Å². The zero-order valence-corrected chi connectivity index (χ0v) is 49.5. The number of allylic oxidation sites excluding steroid dienone is 2. The first-order valence-electron chi connectivity index (χ1n) is 30.2. The van der Waals surface area contributed by atoms with Gasteiger partial charge in [-0.05, 0) is 124 Å². The number of ether oxygens (including phenoxy) is 10. The van der Waals surface area contributed by atoms with Crippen LogP contribution in [0.4, 0.5) is 0 Å². The summed E-state index contributed by atoms with van der Waals surface area (Å²) in [5.74, 6) is -0.565. The molecular formula is C58H98O26. The maximum atomic E-state index is 12.9. The zero-order valence-electron chi connectivity index (χ0n) is 49.5. The van der Waals surface area contributed by atoms with E-state index in [0.717, 1.165) is 24.8 Å². The Labute approximate surface area is 490 Å². The number of aliphatic hydroxyl groups excluding tert-OH is 16. The molecule has 4 saturated carbocycles. The van der Waals surface area contributed by atoms with Crippen molar-refractivity contribution < 1.29 is 129 Å². The van der Waals surface area contributed by atoms with E-state index in [1.54, 1.807) is 0 Å². The van der Waals surface area contributed by atoms with E-state index in [4.69, 9.17) is 47.4 Å². The molecule has 2 unspecified atom stereocenters. The molecule has 4 aliphatic carbocycles. The van der Waals surface area contributed by atoms with E-state index in [1.807, 2.05) is 20.8 Å². The van der Waals surface area contributed by atoms with E-state index in [9.17, 15) is 81.7 Å². The average molecular weight is 1210 g/mol. The second kappa shape index (κ2) is 25.8. The monoisotopic (exact) mass is 1210 g/mol. The molecule has 0 spiro atoms. The summed E-state index contributed by atoms with van der Waals surface area (Å²) in [5.41, 5.74) is -1.72. The number of hydrogen-bond acceptors (Lipinski definition) is 26. The van der Waals surface area contributed by atoms with Gasteiger partial charge in [-0.2, -0.15) is 0 Å². The van der Waals surface area contributed by atoms with Crippen molar-refractivity contribution in [3.05, 3.63) is 11.6 Å². The van der Waals surface area contributed by atoms with Gasteiger partial charge in [-0.15, -0.1) is 0 Å². The Kier molecular flexibility index (Phi) is 20.6. The van der Waals surface area contributed by atoms with Crippen molar-refractivity contribution in [2.24, 2.45) is 45.3 Å². The normalized spacial score (nSPS) is 52.9. The molecule has 0 bridgehead atoms. The number of hydrogen-bond donors (Lipinski definition) is 16. The Bertz CT molecular complexity index is 2210. The molecular weight excluding hydrogens is 1110 g/mol. The number of aliphatic hydroxyl groups is 16. The molecule has 5 heterocycles. The molecule has 0 aromatic rings. The van der Waals surface area contributed by atoms with Gasteiger partial charge in [0.25, 0.3) is 0 Å². The minimum Gasteiger partial charge on any atom is -0.394 e. The van der Waals surface area contributed by atoms with E-state index in [1.165, 1.54) is 0 Å². The lowest BCUT2D eigenvalue weighted by atomic mass is 9.35. The van der Waals surface area contributed by atoms with E-state index in [-0.39, 0.29) is 34.5 Å². The average Bonchev–Trinajstić information content (AvgIpc) is 1.32. The molecule has 5 aliphatic heterocycles. The predicted molar refractivity (Wildman–Crippen MR) is 287 cm³/mol. The van der Waals surface area contributed by atoms with Crippen molar-refractivity contribution in [1.29, 1.82) is 0 Å². The van der Waals surface area contributed by atoms with Crippen molar-refractivity contribution in [3.63, 3.8) is 0 Å². The van der Waals surface area contributed by atoms with Crippen molar-refractivity contribution in [2.75, 3.05) is 33.0 Å². The van der Waals surface area contributed by atoms with Crippen molar-refractivity contribution in [3.8, 4) is 0 Å². The van der Waals surface area contributed by atoms with Crippen LogP contribution in [0.15, 0.2) is 11.6 Å². The number of fused-ring (bicyclic) bond motifs is 5. The van der Waals surface area contributed by atoms with E-state index < -0.39 is 203 Å². The summed E-state index contributed by atoms with van der Waals surface area (Å²) in [7, 11) is 0. The summed E-state index contributed by atoms with van der Waals surface area (Å²) in [6.45, 7) is 14.1. The smallest absolute Gasteiger partial charge is 0.187 e. The largest absolute Gasteiger partial charge is 0.394 e. The third-order valence-electron chi connectivity index (χ3n) is 22.3. The highest BCUT2D eigenvalue weighted by molar-refractivity contribution is 5.21. The highest BCUT2D eigenvalue weighted by atomic mass is 16.8. The molecule has 26 heteroatoms. The van der Waals surface area contributed by atoms with Crippen molar-refractivity contribution in [1.82, 2.24) is 0 Å². The molecule has 84 heavy (non-hydrogen) atoms. The molecule has 9 aliphatic rings. The molecule has 9 rings (SSSR count). The SMILES string of the molecule is CC(C)=CCC[C@](C)(O[C@@H]1O[C@H](CO[C@@H]2O[C@@H](CO)[C@H](O)[C@H]2O[C@@H]2OC[C@@H](O)[C@H](O)[C@H]2O)[C@@H](O)[C@H](O)[C@H]1O)[C@H]1CC[C@]2(C)[C@@H]1[C@H](O)CC1[C@@]3(C)CC[C@H](O[C@@H]4O[C@H](CO)[C@@H](O)[C@H](O)[C@H]4O[C@@H]4O[C@H](CO)[C@@H](O)[C@H](O)[C@H]4O)C(C)(C)C3CC[C@]12C. The van der Waals surface area contributed by atoms with Crippen LogP contribution >= 0.6 is 0 Å². The Morgan fingerprint density at radius 2 is 1.06 bits per heavy atom. The lowest BCUT2D eigenvalue weighted by Crippen LogP contribution is -2.68. The molecule has 0 radical (unpaired) electrons. The summed E-state index contributed by atoms with van der Waals surface area (Å²) in [6.07, 6.45) is -29.8. The van der Waals surface area contributed by atoms with Gasteiger partial charge in [0.2, 0.25) is 0 Å². The lowest BCUT2D eigenvalue weighted by molar-refractivity contribution is -0.378. The van der Waals surface area contributed by atoms with E-state index in [2.05, 4.69) is 40.7 Å². The van der Waals surface area contributed by atoms with Crippen LogP contribution in [0.25, 0.3) is 0 Å². The third kappa shape index (κ3) is 11.9. The molecule has 0 amide bonds. The van der Waals surface area contributed by atoms with Crippen molar-refractivity contribution in [2.45, 2.75) is 272 Å². The van der Waals surface area contributed by atoms with Gasteiger partial charge in [0.15, 0.2) is 31.5 Å². The predicted octanol–water partition coefficient (Wildman–Crippen LogP) is -3.10. The van der Waals surface area contributed by atoms with Gasteiger partial charge in [0.1, 0.15) is 110 Å². The summed E-state index contributed by atoms with van der Waals surface area (Å²) >= 11 is 0. The highest BCUT2D eigenvalue weighted by Gasteiger charge is 2.72. The fourth-order valence-electron chi connectivity index (χ4n) is 17.2. The first-order chi connectivity index (χ1) is 39.4. The van der Waals surface area contributed by atoms with E-state index >= 15 is 0 Å². The molecule has 33 atom stereocenters. The highest BCUT2D eigenvalue weighted by Crippen LogP contribution is 2.76. The van der Waals surface area contributed by atoms with Crippen LogP contribution in [0.5, 0.6) is 0 Å². The first kappa shape index (κ1) is 67.1. The zero-order chi connectivity index (χ0) is 61.5. The maximum absolute atomic E-state index is 12.9. The van der Waals surface area contributed by atoms with Crippen LogP contribution in [0, 0.1) is 45.3 Å². The van der Waals surface area contributed by atoms with Crippen LogP contribution < -0.4 is 0 Å². The Morgan fingerprint density at radius 1 is 0.524 bits per heavy atom. The summed E-state index contributed by atoms with van der Waals surface area (Å²) in [6, 6.07) is 0. The Hall–Kier alpha value is -1.30. The second-order valence-electron chi connectivity index (χ2n) is 27.6. The molecule has 9 fully saturated rings. The molecule has 486 valence electrons. The van der Waals surface area contributed by atoms with Gasteiger partial charge in [-0.3, -0.25) is 0 Å². The molecule has 26 nitrogen and oxygen atoms in total. The molecule has 0 aromatic carbocycles. The Balaban J connectivity index is 0.918. The van der Waals surface area contributed by atoms with Crippen LogP contribution in [-0.2, 0) is 47.4 Å². The summed E-state index contributed by atoms with van der Waals surface area (Å²) in [4.78, 5) is 0. The molecule has 5 saturated heterocycles. The minimum atomic E-state index is -1.83.